The third-order valence-electron chi connectivity index (χ3n) is 5.22. The number of nitrogens with zero attached hydrogens (tertiary/aromatic N) is 3. The average molecular weight is 362 g/mol. The summed E-state index contributed by atoms with van der Waals surface area (Å²) in [4.78, 5) is 2.24. The van der Waals surface area contributed by atoms with Crippen LogP contribution in [0.1, 0.15) is 29.5 Å². The number of benzene rings is 2. The minimum Gasteiger partial charge on any atom is -0.393 e. The average Bonchev–Trinajstić information content (AvgIpc) is 2.67. The van der Waals surface area contributed by atoms with Crippen LogP contribution in [-0.4, -0.2) is 34.5 Å². The van der Waals surface area contributed by atoms with Gasteiger partial charge in [0.05, 0.1) is 6.10 Å². The fourth-order valence-electron chi connectivity index (χ4n) is 3.70. The van der Waals surface area contributed by atoms with Crippen LogP contribution in [-0.2, 0) is 6.54 Å². The number of aryl methyl sites for hydroxylation is 2. The minimum absolute atomic E-state index is 0.196. The van der Waals surface area contributed by atoms with Crippen molar-refractivity contribution in [2.75, 3.05) is 23.3 Å². The maximum atomic E-state index is 9.79. The molecule has 1 saturated heterocycles. The molecule has 2 heterocycles. The number of aliphatic hydroxyl groups is 1. The second-order valence-electron chi connectivity index (χ2n) is 7.48. The monoisotopic (exact) mass is 362 g/mol. The molecule has 2 aromatic carbocycles. The van der Waals surface area contributed by atoms with Crippen molar-refractivity contribution in [1.82, 2.24) is 10.2 Å². The van der Waals surface area contributed by atoms with E-state index in [1.54, 1.807) is 0 Å². The lowest BCUT2D eigenvalue weighted by molar-refractivity contribution is 0.145. The molecule has 0 bridgehead atoms. The van der Waals surface area contributed by atoms with Crippen LogP contribution in [0, 0.1) is 13.8 Å². The Hall–Kier alpha value is -2.66. The van der Waals surface area contributed by atoms with Crippen LogP contribution in [0.2, 0.25) is 0 Å². The summed E-state index contributed by atoms with van der Waals surface area (Å²) in [6.07, 6.45) is 1.36. The highest BCUT2D eigenvalue weighted by molar-refractivity contribution is 5.99. The highest BCUT2D eigenvalue weighted by atomic mass is 16.3. The molecular weight excluding hydrogens is 336 g/mol. The van der Waals surface area contributed by atoms with E-state index < -0.39 is 0 Å². The summed E-state index contributed by atoms with van der Waals surface area (Å²) >= 11 is 0. The summed E-state index contributed by atoms with van der Waals surface area (Å²) in [6, 6.07) is 14.9. The Morgan fingerprint density at radius 2 is 1.78 bits per heavy atom. The van der Waals surface area contributed by atoms with E-state index in [4.69, 9.17) is 0 Å². The molecular formula is C22H26N4O. The van der Waals surface area contributed by atoms with Gasteiger partial charge in [0.25, 0.3) is 0 Å². The molecule has 3 aromatic rings. The van der Waals surface area contributed by atoms with E-state index >= 15 is 0 Å². The number of aromatic nitrogens is 2. The molecule has 4 rings (SSSR count). The van der Waals surface area contributed by atoms with Crippen molar-refractivity contribution in [3.8, 4) is 0 Å². The summed E-state index contributed by atoms with van der Waals surface area (Å²) in [5.74, 6) is 1.73. The van der Waals surface area contributed by atoms with Gasteiger partial charge < -0.3 is 15.3 Å². The van der Waals surface area contributed by atoms with Crippen LogP contribution >= 0.6 is 0 Å². The molecule has 1 fully saturated rings. The van der Waals surface area contributed by atoms with Gasteiger partial charge in [-0.05, 0) is 38.3 Å². The molecule has 2 N–H and O–H groups in total. The number of rotatable bonds is 4. The zero-order chi connectivity index (χ0) is 18.8. The number of hydrogen-bond donors (Lipinski definition) is 2. The second kappa shape index (κ2) is 7.53. The van der Waals surface area contributed by atoms with Crippen LogP contribution in [0.4, 0.5) is 11.6 Å². The molecule has 1 aliphatic heterocycles. The minimum atomic E-state index is -0.196. The summed E-state index contributed by atoms with van der Waals surface area (Å²) in [7, 11) is 0. The van der Waals surface area contributed by atoms with E-state index in [2.05, 4.69) is 76.7 Å². The lowest BCUT2D eigenvalue weighted by Gasteiger charge is -2.31. The largest absolute Gasteiger partial charge is 0.393 e. The quantitative estimate of drug-likeness (QED) is 0.739. The number of nitrogens with one attached hydrogen (secondary N) is 1. The maximum absolute atomic E-state index is 9.79. The first-order chi connectivity index (χ1) is 13.1. The molecule has 140 valence electrons. The van der Waals surface area contributed by atoms with Gasteiger partial charge in [0.2, 0.25) is 0 Å². The number of fused-ring (bicyclic) bond motifs is 1. The van der Waals surface area contributed by atoms with E-state index in [9.17, 15) is 5.11 Å². The first kappa shape index (κ1) is 17.7. The number of aliphatic hydroxyl groups excluding tert-OH is 1. The first-order valence-electron chi connectivity index (χ1n) is 9.59. The van der Waals surface area contributed by atoms with Gasteiger partial charge in [-0.2, -0.15) is 0 Å². The van der Waals surface area contributed by atoms with Gasteiger partial charge in [-0.3, -0.25) is 0 Å². The molecule has 0 spiro atoms. The molecule has 5 nitrogen and oxygen atoms in total. The molecule has 1 aromatic heterocycles. The van der Waals surface area contributed by atoms with Crippen LogP contribution in [0.3, 0.4) is 0 Å². The van der Waals surface area contributed by atoms with Crippen LogP contribution in [0.5, 0.6) is 0 Å². The molecule has 0 atom stereocenters. The zero-order valence-corrected chi connectivity index (χ0v) is 15.9. The Morgan fingerprint density at radius 3 is 2.56 bits per heavy atom. The number of anilines is 2. The molecule has 5 heteroatoms. The van der Waals surface area contributed by atoms with E-state index in [0.29, 0.717) is 6.54 Å². The Morgan fingerprint density at radius 1 is 1.00 bits per heavy atom. The Balaban J connectivity index is 1.65. The topological polar surface area (TPSA) is 61.3 Å². The van der Waals surface area contributed by atoms with Gasteiger partial charge in [-0.25, -0.2) is 0 Å². The predicted molar refractivity (Wildman–Crippen MR) is 110 cm³/mol. The van der Waals surface area contributed by atoms with Gasteiger partial charge in [0.15, 0.2) is 11.6 Å². The van der Waals surface area contributed by atoms with E-state index in [0.717, 1.165) is 48.3 Å². The Labute approximate surface area is 160 Å². The van der Waals surface area contributed by atoms with Crippen molar-refractivity contribution >= 4 is 22.4 Å². The van der Waals surface area contributed by atoms with Crippen LogP contribution < -0.4 is 10.2 Å². The molecule has 0 radical (unpaired) electrons. The number of piperidine rings is 1. The van der Waals surface area contributed by atoms with Crippen molar-refractivity contribution in [3.63, 3.8) is 0 Å². The SMILES string of the molecule is Cc1cccc(CNc2nnc(N3CCC(O)CC3)c3ccc(C)cc23)c1. The third-order valence-corrected chi connectivity index (χ3v) is 5.22. The highest BCUT2D eigenvalue weighted by Gasteiger charge is 2.21. The van der Waals surface area contributed by atoms with Gasteiger partial charge >= 0.3 is 0 Å². The lowest BCUT2D eigenvalue weighted by Crippen LogP contribution is -2.36. The standard InChI is InChI=1S/C22H26N4O/c1-15-4-3-5-17(12-15)14-23-21-20-13-16(2)6-7-19(20)22(25-24-21)26-10-8-18(27)9-11-26/h3-7,12-13,18,27H,8-11,14H2,1-2H3,(H,23,24). The lowest BCUT2D eigenvalue weighted by atomic mass is 10.1. The van der Waals surface area contributed by atoms with Crippen LogP contribution in [0.15, 0.2) is 42.5 Å². The number of hydrogen-bond acceptors (Lipinski definition) is 5. The van der Waals surface area contributed by atoms with Crippen molar-refractivity contribution in [2.45, 2.75) is 39.3 Å². The van der Waals surface area contributed by atoms with E-state index in [1.807, 2.05) is 0 Å². The van der Waals surface area contributed by atoms with Crippen molar-refractivity contribution < 1.29 is 5.11 Å². The van der Waals surface area contributed by atoms with Gasteiger partial charge in [0, 0.05) is 30.4 Å². The van der Waals surface area contributed by atoms with E-state index in [1.165, 1.54) is 16.7 Å². The van der Waals surface area contributed by atoms with E-state index in [-0.39, 0.29) is 6.10 Å². The summed E-state index contributed by atoms with van der Waals surface area (Å²) in [5, 5.41) is 24.5. The third kappa shape index (κ3) is 3.88. The molecule has 0 unspecified atom stereocenters. The van der Waals surface area contributed by atoms with Crippen molar-refractivity contribution in [2.24, 2.45) is 0 Å². The van der Waals surface area contributed by atoms with Crippen LogP contribution in [0.25, 0.3) is 10.8 Å². The predicted octanol–water partition coefficient (Wildman–Crippen LogP) is 3.82. The Kier molecular flexibility index (Phi) is 4.94. The summed E-state index contributed by atoms with van der Waals surface area (Å²) in [5.41, 5.74) is 3.68. The maximum Gasteiger partial charge on any atom is 0.159 e. The fourth-order valence-corrected chi connectivity index (χ4v) is 3.70. The van der Waals surface area contributed by atoms with Gasteiger partial charge in [-0.15, -0.1) is 10.2 Å². The molecule has 1 aliphatic rings. The molecule has 0 aliphatic carbocycles. The van der Waals surface area contributed by atoms with Gasteiger partial charge in [0.1, 0.15) is 0 Å². The van der Waals surface area contributed by atoms with Crippen molar-refractivity contribution in [1.29, 1.82) is 0 Å². The molecule has 0 amide bonds. The summed E-state index contributed by atoms with van der Waals surface area (Å²) < 4.78 is 0. The van der Waals surface area contributed by atoms with Gasteiger partial charge in [-0.1, -0.05) is 47.5 Å². The first-order valence-corrected chi connectivity index (χ1v) is 9.59. The smallest absolute Gasteiger partial charge is 0.159 e. The summed E-state index contributed by atoms with van der Waals surface area (Å²) in [6.45, 7) is 6.55. The molecule has 27 heavy (non-hydrogen) atoms. The molecule has 0 saturated carbocycles. The zero-order valence-electron chi connectivity index (χ0n) is 15.9. The van der Waals surface area contributed by atoms with Crippen molar-refractivity contribution in [3.05, 3.63) is 59.2 Å². The normalized spacial score (nSPS) is 15.3. The fraction of sp³-hybridized carbons (Fsp3) is 0.364. The Bertz CT molecular complexity index is 948. The highest BCUT2D eigenvalue weighted by Crippen LogP contribution is 2.31. The second-order valence-corrected chi connectivity index (χ2v) is 7.48.